The summed E-state index contributed by atoms with van der Waals surface area (Å²) in [6.07, 6.45) is 1.84. The fraction of sp³-hybridized carbons (Fsp3) is 0.235. The number of carbonyl (C=O) groups is 1. The summed E-state index contributed by atoms with van der Waals surface area (Å²) >= 11 is 0. The van der Waals surface area contributed by atoms with E-state index < -0.39 is 21.7 Å². The fourth-order valence-corrected chi connectivity index (χ4v) is 3.55. The number of hydrogen-bond acceptors (Lipinski definition) is 5. The minimum atomic E-state index is -4.20. The van der Waals surface area contributed by atoms with E-state index >= 15 is 0 Å². The molecule has 1 saturated heterocycles. The molecule has 2 aromatic carbocycles. The maximum atomic E-state index is 13.1. The maximum Gasteiger partial charge on any atom is 0.248 e. The van der Waals surface area contributed by atoms with Gasteiger partial charge in [0.1, 0.15) is 16.5 Å². The molecule has 138 valence electrons. The molecule has 0 saturated carbocycles. The average molecular weight is 379 g/mol. The Hall–Kier alpha value is -2.65. The number of benzene rings is 2. The SMILES string of the molecule is NC(=O)c1cc(N2CCCC2)c(Oc2ccc(F)cc2)c(S(N)(=O)=O)c1. The monoisotopic (exact) mass is 379 g/mol. The number of primary sulfonamides is 1. The van der Waals surface area contributed by atoms with Crippen molar-refractivity contribution in [1.82, 2.24) is 0 Å². The van der Waals surface area contributed by atoms with E-state index in [1.165, 1.54) is 30.3 Å². The number of carbonyl (C=O) groups excluding carboxylic acids is 1. The van der Waals surface area contributed by atoms with Crippen molar-refractivity contribution < 1.29 is 22.3 Å². The lowest BCUT2D eigenvalue weighted by atomic mass is 10.1. The molecule has 0 atom stereocenters. The topological polar surface area (TPSA) is 116 Å². The first kappa shape index (κ1) is 18.2. The van der Waals surface area contributed by atoms with E-state index in [-0.39, 0.29) is 22.0 Å². The molecule has 7 nitrogen and oxygen atoms in total. The first-order valence-electron chi connectivity index (χ1n) is 7.95. The van der Waals surface area contributed by atoms with Gasteiger partial charge in [-0.05, 0) is 49.2 Å². The van der Waals surface area contributed by atoms with Gasteiger partial charge < -0.3 is 15.4 Å². The third kappa shape index (κ3) is 3.78. The normalized spacial score (nSPS) is 14.5. The van der Waals surface area contributed by atoms with Crippen LogP contribution in [-0.2, 0) is 10.0 Å². The zero-order valence-electron chi connectivity index (χ0n) is 13.8. The van der Waals surface area contributed by atoms with E-state index in [0.29, 0.717) is 18.8 Å². The van der Waals surface area contributed by atoms with Crippen molar-refractivity contribution in [1.29, 1.82) is 0 Å². The lowest BCUT2D eigenvalue weighted by Gasteiger charge is -2.23. The van der Waals surface area contributed by atoms with E-state index in [1.807, 2.05) is 4.90 Å². The Morgan fingerprint density at radius 2 is 1.73 bits per heavy atom. The zero-order chi connectivity index (χ0) is 18.9. The zero-order valence-corrected chi connectivity index (χ0v) is 14.6. The Bertz CT molecular complexity index is 939. The average Bonchev–Trinajstić information content (AvgIpc) is 3.10. The molecular formula is C17H18FN3O4S. The van der Waals surface area contributed by atoms with Crippen LogP contribution in [0.3, 0.4) is 0 Å². The first-order chi connectivity index (χ1) is 12.3. The summed E-state index contributed by atoms with van der Waals surface area (Å²) in [4.78, 5) is 13.2. The van der Waals surface area contributed by atoms with Crippen LogP contribution in [0.25, 0.3) is 0 Å². The molecule has 9 heteroatoms. The number of nitrogens with two attached hydrogens (primary N) is 2. The van der Waals surface area contributed by atoms with Crippen molar-refractivity contribution in [3.63, 3.8) is 0 Å². The number of anilines is 1. The Balaban J connectivity index is 2.20. The van der Waals surface area contributed by atoms with Gasteiger partial charge in [0.15, 0.2) is 5.75 Å². The molecule has 0 spiro atoms. The molecule has 1 amide bonds. The second kappa shape index (κ2) is 6.93. The molecule has 1 aliphatic rings. The number of primary amides is 1. The van der Waals surface area contributed by atoms with Crippen LogP contribution < -0.4 is 20.5 Å². The lowest BCUT2D eigenvalue weighted by molar-refractivity contribution is 0.1000. The predicted molar refractivity (Wildman–Crippen MR) is 94.3 cm³/mol. The molecule has 0 aliphatic carbocycles. The Kier molecular flexibility index (Phi) is 4.84. The van der Waals surface area contributed by atoms with E-state index in [1.54, 1.807) is 0 Å². The number of ether oxygens (including phenoxy) is 1. The van der Waals surface area contributed by atoms with Gasteiger partial charge in [-0.1, -0.05) is 0 Å². The van der Waals surface area contributed by atoms with Crippen LogP contribution in [-0.4, -0.2) is 27.4 Å². The fourth-order valence-electron chi connectivity index (χ4n) is 2.86. The van der Waals surface area contributed by atoms with Crippen LogP contribution in [0, 0.1) is 5.82 Å². The largest absolute Gasteiger partial charge is 0.454 e. The summed E-state index contributed by atoms with van der Waals surface area (Å²) in [5.74, 6) is -0.994. The first-order valence-corrected chi connectivity index (χ1v) is 9.49. The Morgan fingerprint density at radius 1 is 1.12 bits per heavy atom. The van der Waals surface area contributed by atoms with Crippen molar-refractivity contribution in [3.05, 3.63) is 47.8 Å². The van der Waals surface area contributed by atoms with Gasteiger partial charge in [-0.2, -0.15) is 0 Å². The van der Waals surface area contributed by atoms with E-state index in [2.05, 4.69) is 0 Å². The van der Waals surface area contributed by atoms with Crippen molar-refractivity contribution >= 4 is 21.6 Å². The number of hydrogen-bond donors (Lipinski definition) is 2. The van der Waals surface area contributed by atoms with Crippen molar-refractivity contribution in [2.75, 3.05) is 18.0 Å². The van der Waals surface area contributed by atoms with Gasteiger partial charge in [0.25, 0.3) is 0 Å². The molecule has 0 aromatic heterocycles. The molecular weight excluding hydrogens is 361 g/mol. The van der Waals surface area contributed by atoms with Crippen LogP contribution >= 0.6 is 0 Å². The predicted octanol–water partition coefficient (Wildman–Crippen LogP) is 1.96. The molecule has 0 unspecified atom stereocenters. The van der Waals surface area contributed by atoms with Gasteiger partial charge in [0.05, 0.1) is 5.69 Å². The summed E-state index contributed by atoms with van der Waals surface area (Å²) in [6, 6.07) is 7.71. The van der Waals surface area contributed by atoms with Gasteiger partial charge in [0, 0.05) is 18.7 Å². The third-order valence-corrected chi connectivity index (χ3v) is 5.02. The summed E-state index contributed by atoms with van der Waals surface area (Å²) in [6.45, 7) is 1.35. The molecule has 0 bridgehead atoms. The van der Waals surface area contributed by atoms with Crippen molar-refractivity contribution in [3.8, 4) is 11.5 Å². The summed E-state index contributed by atoms with van der Waals surface area (Å²) in [7, 11) is -4.20. The van der Waals surface area contributed by atoms with Crippen LogP contribution in [0.5, 0.6) is 11.5 Å². The molecule has 4 N–H and O–H groups in total. The lowest BCUT2D eigenvalue weighted by Crippen LogP contribution is -2.23. The molecule has 1 heterocycles. The van der Waals surface area contributed by atoms with Crippen LogP contribution in [0.2, 0.25) is 0 Å². The molecule has 1 fully saturated rings. The van der Waals surface area contributed by atoms with Gasteiger partial charge in [-0.25, -0.2) is 17.9 Å². The van der Waals surface area contributed by atoms with E-state index in [0.717, 1.165) is 18.9 Å². The second-order valence-corrected chi connectivity index (χ2v) is 7.51. The number of amides is 1. The molecule has 3 rings (SSSR count). The number of rotatable bonds is 5. The van der Waals surface area contributed by atoms with Gasteiger partial charge in [-0.15, -0.1) is 0 Å². The minimum Gasteiger partial charge on any atom is -0.454 e. The standard InChI is InChI=1S/C17H18FN3O4S/c18-12-3-5-13(6-4-12)25-16-14(21-7-1-2-8-21)9-11(17(19)22)10-15(16)26(20,23)24/h3-6,9-10H,1-2,7-8H2,(H2,19,22)(H2,20,23,24). The molecule has 0 radical (unpaired) electrons. The number of halogens is 1. The highest BCUT2D eigenvalue weighted by Crippen LogP contribution is 2.40. The highest BCUT2D eigenvalue weighted by Gasteiger charge is 2.27. The van der Waals surface area contributed by atoms with Crippen molar-refractivity contribution in [2.45, 2.75) is 17.7 Å². The Morgan fingerprint density at radius 3 is 2.27 bits per heavy atom. The maximum absolute atomic E-state index is 13.1. The molecule has 26 heavy (non-hydrogen) atoms. The molecule has 2 aromatic rings. The van der Waals surface area contributed by atoms with Crippen LogP contribution in [0.15, 0.2) is 41.3 Å². The third-order valence-electron chi connectivity index (χ3n) is 4.11. The summed E-state index contributed by atoms with van der Waals surface area (Å²) in [5, 5.41) is 5.33. The number of nitrogens with zero attached hydrogens (tertiary/aromatic N) is 1. The molecule has 1 aliphatic heterocycles. The van der Waals surface area contributed by atoms with Gasteiger partial charge in [0.2, 0.25) is 15.9 Å². The quantitative estimate of drug-likeness (QED) is 0.824. The smallest absolute Gasteiger partial charge is 0.248 e. The highest BCUT2D eigenvalue weighted by molar-refractivity contribution is 7.89. The van der Waals surface area contributed by atoms with E-state index in [9.17, 15) is 17.6 Å². The van der Waals surface area contributed by atoms with Gasteiger partial charge >= 0.3 is 0 Å². The highest BCUT2D eigenvalue weighted by atomic mass is 32.2. The number of sulfonamides is 1. The van der Waals surface area contributed by atoms with Crippen LogP contribution in [0.1, 0.15) is 23.2 Å². The van der Waals surface area contributed by atoms with Crippen molar-refractivity contribution in [2.24, 2.45) is 10.9 Å². The summed E-state index contributed by atoms with van der Waals surface area (Å²) in [5.41, 5.74) is 5.76. The Labute approximate surface area is 150 Å². The summed E-state index contributed by atoms with van der Waals surface area (Å²) < 4.78 is 43.1. The van der Waals surface area contributed by atoms with E-state index in [4.69, 9.17) is 15.6 Å². The minimum absolute atomic E-state index is 0.00833. The van der Waals surface area contributed by atoms with Crippen LogP contribution in [0.4, 0.5) is 10.1 Å². The second-order valence-electron chi connectivity index (χ2n) is 5.98. The van der Waals surface area contributed by atoms with Gasteiger partial charge in [-0.3, -0.25) is 4.79 Å².